The summed E-state index contributed by atoms with van der Waals surface area (Å²) < 4.78 is 10.5. The Hall–Kier alpha value is -2.72. The second kappa shape index (κ2) is 8.78. The Kier molecular flexibility index (Phi) is 6.20. The van der Waals surface area contributed by atoms with Crippen LogP contribution in [0.4, 0.5) is 0 Å². The third kappa shape index (κ3) is 4.52. The molecule has 0 aliphatic carbocycles. The van der Waals surface area contributed by atoms with E-state index in [0.29, 0.717) is 29.6 Å². The zero-order valence-corrected chi connectivity index (χ0v) is 16.2. The Labute approximate surface area is 164 Å². The monoisotopic (exact) mass is 383 g/mol. The van der Waals surface area contributed by atoms with Crippen LogP contribution in [0.25, 0.3) is 11.6 Å². The first-order valence-corrected chi connectivity index (χ1v) is 9.13. The van der Waals surface area contributed by atoms with Crippen LogP contribution >= 0.6 is 11.6 Å². The van der Waals surface area contributed by atoms with E-state index in [2.05, 4.69) is 18.2 Å². The molecule has 0 N–H and O–H groups in total. The first kappa shape index (κ1) is 19.1. The summed E-state index contributed by atoms with van der Waals surface area (Å²) in [6, 6.07) is 13.8. The molecule has 0 unspecified atom stereocenters. The molecule has 0 atom stereocenters. The van der Waals surface area contributed by atoms with Gasteiger partial charge in [-0.1, -0.05) is 48.0 Å². The van der Waals surface area contributed by atoms with Gasteiger partial charge in [0.25, 0.3) is 0 Å². The van der Waals surface area contributed by atoms with Crippen LogP contribution in [-0.4, -0.2) is 38.1 Å². The van der Waals surface area contributed by atoms with Crippen molar-refractivity contribution in [2.75, 3.05) is 27.3 Å². The fourth-order valence-corrected chi connectivity index (χ4v) is 3.39. The summed E-state index contributed by atoms with van der Waals surface area (Å²) in [7, 11) is 3.09. The van der Waals surface area contributed by atoms with Gasteiger partial charge in [0, 0.05) is 19.2 Å². The fourth-order valence-electron chi connectivity index (χ4n) is 3.09. The van der Waals surface area contributed by atoms with Gasteiger partial charge in [0.2, 0.25) is 5.91 Å². The smallest absolute Gasteiger partial charge is 0.246 e. The van der Waals surface area contributed by atoms with Gasteiger partial charge in [-0.25, -0.2) is 0 Å². The Morgan fingerprint density at radius 2 is 1.93 bits per heavy atom. The van der Waals surface area contributed by atoms with Crippen LogP contribution in [0.5, 0.6) is 11.5 Å². The molecule has 0 saturated carbocycles. The molecule has 0 saturated heterocycles. The zero-order valence-electron chi connectivity index (χ0n) is 15.4. The standard InChI is InChI=1S/C22H22ClNO3/c1-26-20-15-16(14-19(23)22(20)27-2)8-9-21(25)24-12-10-18(11-13-24)17-6-4-3-5-7-17/h3-10,14-15H,11-13H2,1-2H3/b9-8+. The maximum absolute atomic E-state index is 12.5. The van der Waals surface area contributed by atoms with Crippen molar-refractivity contribution in [2.24, 2.45) is 0 Å². The number of ether oxygens (including phenoxy) is 2. The largest absolute Gasteiger partial charge is 0.493 e. The molecular formula is C22H22ClNO3. The minimum atomic E-state index is -0.0238. The molecule has 5 heteroatoms. The van der Waals surface area contributed by atoms with Gasteiger partial charge in [-0.15, -0.1) is 0 Å². The molecule has 0 fully saturated rings. The number of amides is 1. The lowest BCUT2D eigenvalue weighted by atomic mass is 9.99. The van der Waals surface area contributed by atoms with Crippen LogP contribution in [0.15, 0.2) is 54.6 Å². The number of rotatable bonds is 5. The molecule has 1 aliphatic heterocycles. The average molecular weight is 384 g/mol. The third-order valence-electron chi connectivity index (χ3n) is 4.54. The SMILES string of the molecule is COc1cc(/C=C/C(=O)N2CC=C(c3ccccc3)CC2)cc(Cl)c1OC. The van der Waals surface area contributed by atoms with E-state index in [9.17, 15) is 4.79 Å². The van der Waals surface area contributed by atoms with E-state index in [-0.39, 0.29) is 5.91 Å². The van der Waals surface area contributed by atoms with E-state index >= 15 is 0 Å². The number of halogens is 1. The maximum atomic E-state index is 12.5. The van der Waals surface area contributed by atoms with Crippen molar-refractivity contribution in [1.82, 2.24) is 4.90 Å². The second-order valence-corrected chi connectivity index (χ2v) is 6.61. The van der Waals surface area contributed by atoms with Crippen LogP contribution in [-0.2, 0) is 4.79 Å². The van der Waals surface area contributed by atoms with E-state index in [1.807, 2.05) is 23.1 Å². The van der Waals surface area contributed by atoms with Crippen molar-refractivity contribution in [3.8, 4) is 11.5 Å². The Bertz CT molecular complexity index is 875. The highest BCUT2D eigenvalue weighted by molar-refractivity contribution is 6.32. The maximum Gasteiger partial charge on any atom is 0.246 e. The molecule has 140 valence electrons. The molecule has 0 radical (unpaired) electrons. The van der Waals surface area contributed by atoms with Crippen molar-refractivity contribution in [1.29, 1.82) is 0 Å². The van der Waals surface area contributed by atoms with Crippen LogP contribution in [0.3, 0.4) is 0 Å². The summed E-state index contributed by atoms with van der Waals surface area (Å²) in [5, 5.41) is 0.442. The molecule has 4 nitrogen and oxygen atoms in total. The summed E-state index contributed by atoms with van der Waals surface area (Å²) in [5.41, 5.74) is 3.29. The Morgan fingerprint density at radius 1 is 1.15 bits per heavy atom. The number of hydrogen-bond donors (Lipinski definition) is 0. The van der Waals surface area contributed by atoms with Gasteiger partial charge in [-0.3, -0.25) is 4.79 Å². The number of methoxy groups -OCH3 is 2. The van der Waals surface area contributed by atoms with Crippen LogP contribution in [0.1, 0.15) is 17.5 Å². The molecule has 0 bridgehead atoms. The molecule has 1 heterocycles. The predicted molar refractivity (Wildman–Crippen MR) is 109 cm³/mol. The molecule has 2 aromatic rings. The lowest BCUT2D eigenvalue weighted by Crippen LogP contribution is -2.33. The topological polar surface area (TPSA) is 38.8 Å². The number of hydrogen-bond acceptors (Lipinski definition) is 3. The highest BCUT2D eigenvalue weighted by Crippen LogP contribution is 2.36. The Balaban J connectivity index is 1.68. The minimum Gasteiger partial charge on any atom is -0.493 e. The third-order valence-corrected chi connectivity index (χ3v) is 4.82. The van der Waals surface area contributed by atoms with Crippen molar-refractivity contribution in [2.45, 2.75) is 6.42 Å². The molecule has 1 aliphatic rings. The quantitative estimate of drug-likeness (QED) is 0.703. The zero-order chi connectivity index (χ0) is 19.2. The fraction of sp³-hybridized carbons (Fsp3) is 0.227. The normalized spacial score (nSPS) is 14.2. The first-order valence-electron chi connectivity index (χ1n) is 8.75. The van der Waals surface area contributed by atoms with Gasteiger partial charge in [0.15, 0.2) is 11.5 Å². The summed E-state index contributed by atoms with van der Waals surface area (Å²) in [6.45, 7) is 1.32. The van der Waals surface area contributed by atoms with E-state index in [4.69, 9.17) is 21.1 Å². The number of carbonyl (C=O) groups is 1. The van der Waals surface area contributed by atoms with Crippen molar-refractivity contribution in [3.05, 3.63) is 70.8 Å². The summed E-state index contributed by atoms with van der Waals surface area (Å²) in [6.07, 6.45) is 6.29. The van der Waals surface area contributed by atoms with Crippen molar-refractivity contribution in [3.63, 3.8) is 0 Å². The number of nitrogens with zero attached hydrogens (tertiary/aromatic N) is 1. The minimum absolute atomic E-state index is 0.0238. The van der Waals surface area contributed by atoms with Gasteiger partial charge in [-0.2, -0.15) is 0 Å². The van der Waals surface area contributed by atoms with Gasteiger partial charge < -0.3 is 14.4 Å². The second-order valence-electron chi connectivity index (χ2n) is 6.20. The summed E-state index contributed by atoms with van der Waals surface area (Å²) in [4.78, 5) is 14.3. The van der Waals surface area contributed by atoms with Gasteiger partial charge in [0.1, 0.15) is 0 Å². The van der Waals surface area contributed by atoms with E-state index in [1.165, 1.54) is 18.2 Å². The van der Waals surface area contributed by atoms with E-state index in [0.717, 1.165) is 12.0 Å². The van der Waals surface area contributed by atoms with Crippen molar-refractivity contribution < 1.29 is 14.3 Å². The molecule has 0 spiro atoms. The highest BCUT2D eigenvalue weighted by Gasteiger charge is 2.16. The highest BCUT2D eigenvalue weighted by atomic mass is 35.5. The first-order chi connectivity index (χ1) is 13.1. The van der Waals surface area contributed by atoms with Gasteiger partial charge >= 0.3 is 0 Å². The molecular weight excluding hydrogens is 362 g/mol. The summed E-state index contributed by atoms with van der Waals surface area (Å²) >= 11 is 6.21. The lowest BCUT2D eigenvalue weighted by molar-refractivity contribution is -0.125. The van der Waals surface area contributed by atoms with Crippen LogP contribution in [0.2, 0.25) is 5.02 Å². The van der Waals surface area contributed by atoms with Gasteiger partial charge in [-0.05, 0) is 41.3 Å². The van der Waals surface area contributed by atoms with Crippen molar-refractivity contribution >= 4 is 29.2 Å². The van der Waals surface area contributed by atoms with Crippen LogP contribution < -0.4 is 9.47 Å². The van der Waals surface area contributed by atoms with Gasteiger partial charge in [0.05, 0.1) is 19.2 Å². The molecule has 0 aromatic heterocycles. The number of benzene rings is 2. The lowest BCUT2D eigenvalue weighted by Gasteiger charge is -2.25. The average Bonchev–Trinajstić information content (AvgIpc) is 2.72. The van der Waals surface area contributed by atoms with Crippen LogP contribution in [0, 0.1) is 0 Å². The van der Waals surface area contributed by atoms with E-state index < -0.39 is 0 Å². The predicted octanol–water partition coefficient (Wildman–Crippen LogP) is 4.69. The molecule has 3 rings (SSSR count). The molecule has 1 amide bonds. The Morgan fingerprint density at radius 3 is 2.56 bits per heavy atom. The molecule has 2 aromatic carbocycles. The summed E-state index contributed by atoms with van der Waals surface area (Å²) in [5.74, 6) is 0.993. The van der Waals surface area contributed by atoms with E-state index in [1.54, 1.807) is 31.4 Å². The molecule has 27 heavy (non-hydrogen) atoms. The number of carbonyl (C=O) groups excluding carboxylic acids is 1.